The van der Waals surface area contributed by atoms with Crippen molar-refractivity contribution in [2.24, 2.45) is 5.92 Å². The van der Waals surface area contributed by atoms with E-state index in [1.165, 1.54) is 30.8 Å². The highest BCUT2D eigenvalue weighted by Crippen LogP contribution is 2.36. The molecule has 2 fully saturated rings. The second kappa shape index (κ2) is 5.07. The van der Waals surface area contributed by atoms with Crippen LogP contribution >= 0.6 is 11.8 Å². The molecule has 1 unspecified atom stereocenters. The van der Waals surface area contributed by atoms with Gasteiger partial charge in [-0.25, -0.2) is 0 Å². The molecular weight excluding hydrogens is 206 g/mol. The molecule has 1 atom stereocenters. The molecule has 0 aromatic heterocycles. The molecule has 2 nitrogen and oxygen atoms in total. The van der Waals surface area contributed by atoms with Gasteiger partial charge in [0, 0.05) is 12.6 Å². The Morgan fingerprint density at radius 3 is 2.80 bits per heavy atom. The van der Waals surface area contributed by atoms with E-state index in [2.05, 4.69) is 30.9 Å². The third-order valence-corrected chi connectivity index (χ3v) is 4.55. The van der Waals surface area contributed by atoms with Gasteiger partial charge >= 0.3 is 0 Å². The fraction of sp³-hybridized carbons (Fsp3) is 1.00. The van der Waals surface area contributed by atoms with Crippen LogP contribution in [-0.2, 0) is 4.74 Å². The molecule has 88 valence electrons. The lowest BCUT2D eigenvalue weighted by atomic mass is 9.82. The van der Waals surface area contributed by atoms with Crippen LogP contribution in [0.3, 0.4) is 0 Å². The van der Waals surface area contributed by atoms with Crippen LogP contribution < -0.4 is 5.32 Å². The van der Waals surface area contributed by atoms with Gasteiger partial charge in [0.1, 0.15) is 0 Å². The zero-order chi connectivity index (χ0) is 10.7. The minimum absolute atomic E-state index is 0.174. The van der Waals surface area contributed by atoms with Gasteiger partial charge in [-0.05, 0) is 36.7 Å². The quantitative estimate of drug-likeness (QED) is 0.785. The van der Waals surface area contributed by atoms with Crippen LogP contribution in [0, 0.1) is 5.92 Å². The number of hydrogen-bond donors (Lipinski definition) is 1. The smallest absolute Gasteiger partial charge is 0.0851 e. The van der Waals surface area contributed by atoms with Gasteiger partial charge < -0.3 is 10.1 Å². The molecule has 1 spiro atoms. The first-order valence-corrected chi connectivity index (χ1v) is 7.33. The summed E-state index contributed by atoms with van der Waals surface area (Å²) >= 11 is 2.08. The van der Waals surface area contributed by atoms with Gasteiger partial charge in [-0.2, -0.15) is 11.8 Å². The van der Waals surface area contributed by atoms with Gasteiger partial charge in [0.05, 0.1) is 12.2 Å². The van der Waals surface area contributed by atoms with Gasteiger partial charge in [-0.3, -0.25) is 0 Å². The van der Waals surface area contributed by atoms with Crippen LogP contribution in [0.1, 0.15) is 33.1 Å². The van der Waals surface area contributed by atoms with Crippen LogP contribution in [0.5, 0.6) is 0 Å². The summed E-state index contributed by atoms with van der Waals surface area (Å²) in [5.41, 5.74) is 0.174. The average Bonchev–Trinajstić information content (AvgIpc) is 2.23. The molecule has 0 radical (unpaired) electrons. The highest BCUT2D eigenvalue weighted by molar-refractivity contribution is 7.99. The Labute approximate surface area is 97.5 Å². The molecule has 0 aliphatic carbocycles. The highest BCUT2D eigenvalue weighted by atomic mass is 32.2. The van der Waals surface area contributed by atoms with E-state index in [1.54, 1.807) is 0 Å². The number of thioether (sulfide) groups is 1. The molecule has 2 saturated heterocycles. The molecule has 1 N–H and O–H groups in total. The summed E-state index contributed by atoms with van der Waals surface area (Å²) in [6.07, 6.45) is 3.73. The number of nitrogens with one attached hydrogen (secondary N) is 1. The molecule has 2 rings (SSSR count). The van der Waals surface area contributed by atoms with Gasteiger partial charge in [-0.1, -0.05) is 13.8 Å². The molecule has 0 bridgehead atoms. The number of ether oxygens (including phenoxy) is 1. The first-order chi connectivity index (χ1) is 7.23. The summed E-state index contributed by atoms with van der Waals surface area (Å²) in [7, 11) is 0. The average molecular weight is 229 g/mol. The Kier molecular flexibility index (Phi) is 3.97. The molecule has 0 aromatic rings. The molecule has 0 amide bonds. The van der Waals surface area contributed by atoms with Crippen molar-refractivity contribution < 1.29 is 4.74 Å². The lowest BCUT2D eigenvalue weighted by Crippen LogP contribution is -2.59. The molecule has 2 aliphatic rings. The van der Waals surface area contributed by atoms with Crippen molar-refractivity contribution in [3.8, 4) is 0 Å². The van der Waals surface area contributed by atoms with Crippen molar-refractivity contribution in [2.45, 2.75) is 44.8 Å². The first-order valence-electron chi connectivity index (χ1n) is 6.18. The van der Waals surface area contributed by atoms with E-state index in [9.17, 15) is 0 Å². The third-order valence-electron chi connectivity index (χ3n) is 3.56. The fourth-order valence-corrected chi connectivity index (χ4v) is 3.94. The van der Waals surface area contributed by atoms with Gasteiger partial charge in [-0.15, -0.1) is 0 Å². The van der Waals surface area contributed by atoms with Crippen molar-refractivity contribution in [1.29, 1.82) is 0 Å². The van der Waals surface area contributed by atoms with Crippen LogP contribution in [0.4, 0.5) is 0 Å². The number of morpholine rings is 1. The summed E-state index contributed by atoms with van der Waals surface area (Å²) in [6.45, 7) is 6.55. The minimum Gasteiger partial charge on any atom is -0.372 e. The van der Waals surface area contributed by atoms with Gasteiger partial charge in [0.15, 0.2) is 0 Å². The van der Waals surface area contributed by atoms with E-state index in [0.717, 1.165) is 19.1 Å². The highest BCUT2D eigenvalue weighted by Gasteiger charge is 2.42. The lowest BCUT2D eigenvalue weighted by molar-refractivity contribution is -0.106. The summed E-state index contributed by atoms with van der Waals surface area (Å²) in [5.74, 6) is 3.31. The summed E-state index contributed by atoms with van der Waals surface area (Å²) in [6, 6.07) is 0.590. The lowest BCUT2D eigenvalue weighted by Gasteiger charge is -2.47. The minimum atomic E-state index is 0.174. The number of rotatable bonds is 2. The normalized spacial score (nSPS) is 31.0. The zero-order valence-corrected chi connectivity index (χ0v) is 10.7. The Morgan fingerprint density at radius 1 is 1.40 bits per heavy atom. The molecule has 15 heavy (non-hydrogen) atoms. The molecule has 0 saturated carbocycles. The molecule has 2 aliphatic heterocycles. The maximum absolute atomic E-state index is 6.14. The van der Waals surface area contributed by atoms with E-state index >= 15 is 0 Å². The van der Waals surface area contributed by atoms with E-state index in [-0.39, 0.29) is 5.60 Å². The predicted octanol–water partition coefficient (Wildman–Crippen LogP) is 2.29. The second-order valence-corrected chi connectivity index (χ2v) is 6.39. The van der Waals surface area contributed by atoms with Crippen LogP contribution in [-0.4, -0.2) is 36.3 Å². The first kappa shape index (κ1) is 11.7. The second-order valence-electron chi connectivity index (χ2n) is 5.16. The van der Waals surface area contributed by atoms with Crippen LogP contribution in [0.2, 0.25) is 0 Å². The van der Waals surface area contributed by atoms with E-state index in [0.29, 0.717) is 6.04 Å². The molecule has 2 heterocycles. The molecule has 0 aromatic carbocycles. The summed E-state index contributed by atoms with van der Waals surface area (Å²) in [5, 5.41) is 3.68. The monoisotopic (exact) mass is 229 g/mol. The van der Waals surface area contributed by atoms with Crippen molar-refractivity contribution in [2.75, 3.05) is 24.7 Å². The Bertz CT molecular complexity index is 194. The third kappa shape index (κ3) is 2.69. The van der Waals surface area contributed by atoms with Gasteiger partial charge in [0.2, 0.25) is 0 Å². The summed E-state index contributed by atoms with van der Waals surface area (Å²) < 4.78 is 6.14. The fourth-order valence-electron chi connectivity index (χ4n) is 2.75. The van der Waals surface area contributed by atoms with Crippen LogP contribution in [0.25, 0.3) is 0 Å². The van der Waals surface area contributed by atoms with Crippen LogP contribution in [0.15, 0.2) is 0 Å². The maximum Gasteiger partial charge on any atom is 0.0851 e. The number of hydrogen-bond acceptors (Lipinski definition) is 3. The Morgan fingerprint density at radius 2 is 2.13 bits per heavy atom. The van der Waals surface area contributed by atoms with Crippen molar-refractivity contribution >= 4 is 11.8 Å². The summed E-state index contributed by atoms with van der Waals surface area (Å²) in [4.78, 5) is 0. The van der Waals surface area contributed by atoms with Gasteiger partial charge in [0.25, 0.3) is 0 Å². The molecule has 3 heteroatoms. The topological polar surface area (TPSA) is 21.3 Å². The maximum atomic E-state index is 6.14. The van der Waals surface area contributed by atoms with Crippen molar-refractivity contribution in [3.63, 3.8) is 0 Å². The van der Waals surface area contributed by atoms with E-state index < -0.39 is 0 Å². The van der Waals surface area contributed by atoms with Crippen molar-refractivity contribution in [1.82, 2.24) is 5.32 Å². The largest absolute Gasteiger partial charge is 0.372 e. The van der Waals surface area contributed by atoms with Crippen molar-refractivity contribution in [3.05, 3.63) is 0 Å². The molecular formula is C12H23NOS. The standard InChI is InChI=1S/C12H23NOS/c1-10(2)9-11-12(14-6-5-13-11)3-7-15-8-4-12/h10-11,13H,3-9H2,1-2H3. The Hall–Kier alpha value is 0.270. The zero-order valence-electron chi connectivity index (χ0n) is 9.92. The van der Waals surface area contributed by atoms with E-state index in [1.807, 2.05) is 0 Å². The Balaban J connectivity index is 2.03. The predicted molar refractivity (Wildman–Crippen MR) is 66.5 cm³/mol. The van der Waals surface area contributed by atoms with E-state index in [4.69, 9.17) is 4.74 Å². The SMILES string of the molecule is CC(C)CC1NCCOC12CCSCC2.